The van der Waals surface area contributed by atoms with Crippen LogP contribution in [-0.2, 0) is 0 Å². The Hall–Kier alpha value is -1.75. The SMILES string of the molecule is CCCN1CCC(NC(=NC)NCC(C)Oc2cccc(C)c2)CC1. The molecule has 0 aromatic heterocycles. The second kappa shape index (κ2) is 10.3. The number of nitrogens with zero attached hydrogens (tertiary/aromatic N) is 2. The predicted molar refractivity (Wildman–Crippen MR) is 106 cm³/mol. The summed E-state index contributed by atoms with van der Waals surface area (Å²) in [6.45, 7) is 10.7. The average Bonchev–Trinajstić information content (AvgIpc) is 2.60. The summed E-state index contributed by atoms with van der Waals surface area (Å²) >= 11 is 0. The number of ether oxygens (including phenoxy) is 1. The van der Waals surface area contributed by atoms with Crippen LogP contribution < -0.4 is 15.4 Å². The Bertz CT molecular complexity index is 538. The lowest BCUT2D eigenvalue weighted by Crippen LogP contribution is -2.50. The van der Waals surface area contributed by atoms with Gasteiger partial charge in [-0.15, -0.1) is 0 Å². The maximum absolute atomic E-state index is 5.97. The van der Waals surface area contributed by atoms with Crippen molar-refractivity contribution in [2.24, 2.45) is 4.99 Å². The summed E-state index contributed by atoms with van der Waals surface area (Å²) in [5.74, 6) is 1.79. The number of hydrogen-bond acceptors (Lipinski definition) is 3. The molecule has 2 rings (SSSR count). The largest absolute Gasteiger partial charge is 0.489 e. The van der Waals surface area contributed by atoms with Crippen molar-refractivity contribution < 1.29 is 4.74 Å². The van der Waals surface area contributed by atoms with Crippen molar-refractivity contribution in [3.8, 4) is 5.75 Å². The molecule has 1 saturated heterocycles. The molecule has 1 unspecified atom stereocenters. The van der Waals surface area contributed by atoms with Crippen LogP contribution in [0.3, 0.4) is 0 Å². The minimum absolute atomic E-state index is 0.0757. The zero-order chi connectivity index (χ0) is 18.1. The molecule has 2 N–H and O–H groups in total. The van der Waals surface area contributed by atoms with Gasteiger partial charge in [-0.25, -0.2) is 0 Å². The van der Waals surface area contributed by atoms with Gasteiger partial charge in [-0.2, -0.15) is 0 Å². The maximum atomic E-state index is 5.97. The van der Waals surface area contributed by atoms with E-state index in [-0.39, 0.29) is 6.10 Å². The van der Waals surface area contributed by atoms with Gasteiger partial charge in [-0.05, 0) is 57.4 Å². The van der Waals surface area contributed by atoms with Gasteiger partial charge < -0.3 is 20.3 Å². The van der Waals surface area contributed by atoms with Crippen LogP contribution in [0.15, 0.2) is 29.3 Å². The molecule has 5 nitrogen and oxygen atoms in total. The summed E-state index contributed by atoms with van der Waals surface area (Å²) < 4.78 is 5.97. The predicted octanol–water partition coefficient (Wildman–Crippen LogP) is 2.80. The van der Waals surface area contributed by atoms with Crippen LogP contribution in [-0.4, -0.2) is 56.2 Å². The van der Waals surface area contributed by atoms with Crippen molar-refractivity contribution in [1.29, 1.82) is 0 Å². The summed E-state index contributed by atoms with van der Waals surface area (Å²) in [7, 11) is 1.83. The molecule has 1 aliphatic heterocycles. The second-order valence-corrected chi connectivity index (χ2v) is 6.96. The van der Waals surface area contributed by atoms with E-state index >= 15 is 0 Å². The Morgan fingerprint density at radius 2 is 2.12 bits per heavy atom. The Kier molecular flexibility index (Phi) is 8.06. The van der Waals surface area contributed by atoms with E-state index in [1.807, 2.05) is 19.2 Å². The van der Waals surface area contributed by atoms with Gasteiger partial charge in [0.25, 0.3) is 0 Å². The first-order valence-electron chi connectivity index (χ1n) is 9.53. The van der Waals surface area contributed by atoms with Crippen molar-refractivity contribution in [2.45, 2.75) is 52.2 Å². The van der Waals surface area contributed by atoms with Gasteiger partial charge in [0.1, 0.15) is 11.9 Å². The van der Waals surface area contributed by atoms with Crippen LogP contribution in [0.2, 0.25) is 0 Å². The topological polar surface area (TPSA) is 48.9 Å². The van der Waals surface area contributed by atoms with E-state index in [0.717, 1.165) is 18.3 Å². The Balaban J connectivity index is 1.71. The molecule has 1 heterocycles. The van der Waals surface area contributed by atoms with E-state index in [1.54, 1.807) is 0 Å². The number of aryl methyl sites for hydroxylation is 1. The van der Waals surface area contributed by atoms with Crippen molar-refractivity contribution >= 4 is 5.96 Å². The third kappa shape index (κ3) is 6.94. The minimum atomic E-state index is 0.0757. The zero-order valence-corrected chi connectivity index (χ0v) is 16.2. The third-order valence-electron chi connectivity index (χ3n) is 4.58. The highest BCUT2D eigenvalue weighted by atomic mass is 16.5. The highest BCUT2D eigenvalue weighted by molar-refractivity contribution is 5.80. The molecule has 140 valence electrons. The van der Waals surface area contributed by atoms with E-state index in [2.05, 4.69) is 53.4 Å². The molecule has 0 bridgehead atoms. The molecule has 1 fully saturated rings. The number of hydrogen-bond donors (Lipinski definition) is 2. The first-order chi connectivity index (χ1) is 12.1. The lowest BCUT2D eigenvalue weighted by molar-refractivity contribution is 0.205. The van der Waals surface area contributed by atoms with Crippen molar-refractivity contribution in [3.63, 3.8) is 0 Å². The summed E-state index contributed by atoms with van der Waals surface area (Å²) in [6.07, 6.45) is 3.67. The fourth-order valence-electron chi connectivity index (χ4n) is 3.21. The number of likely N-dealkylation sites (tertiary alicyclic amines) is 1. The zero-order valence-electron chi connectivity index (χ0n) is 16.2. The van der Waals surface area contributed by atoms with Crippen LogP contribution in [0, 0.1) is 6.92 Å². The lowest BCUT2D eigenvalue weighted by atomic mass is 10.1. The van der Waals surface area contributed by atoms with E-state index in [4.69, 9.17) is 4.74 Å². The minimum Gasteiger partial charge on any atom is -0.489 e. The lowest BCUT2D eigenvalue weighted by Gasteiger charge is -2.33. The number of nitrogens with one attached hydrogen (secondary N) is 2. The summed E-state index contributed by atoms with van der Waals surface area (Å²) in [6, 6.07) is 8.67. The van der Waals surface area contributed by atoms with Gasteiger partial charge in [0.15, 0.2) is 5.96 Å². The van der Waals surface area contributed by atoms with Crippen LogP contribution in [0.25, 0.3) is 0 Å². The fourth-order valence-corrected chi connectivity index (χ4v) is 3.21. The van der Waals surface area contributed by atoms with E-state index < -0.39 is 0 Å². The molecule has 5 heteroatoms. The van der Waals surface area contributed by atoms with Gasteiger partial charge in [0.2, 0.25) is 0 Å². The van der Waals surface area contributed by atoms with Gasteiger partial charge in [-0.1, -0.05) is 19.1 Å². The van der Waals surface area contributed by atoms with E-state index in [0.29, 0.717) is 6.04 Å². The normalized spacial score (nSPS) is 18.0. The van der Waals surface area contributed by atoms with Crippen LogP contribution in [0.4, 0.5) is 0 Å². The second-order valence-electron chi connectivity index (χ2n) is 6.96. The Morgan fingerprint density at radius 3 is 2.76 bits per heavy atom. The number of guanidine groups is 1. The molecule has 1 aromatic rings. The molecule has 0 aliphatic carbocycles. The van der Waals surface area contributed by atoms with E-state index in [9.17, 15) is 0 Å². The summed E-state index contributed by atoms with van der Waals surface area (Å²) in [5, 5.41) is 6.94. The third-order valence-corrected chi connectivity index (χ3v) is 4.58. The Morgan fingerprint density at radius 1 is 1.36 bits per heavy atom. The number of piperidine rings is 1. The van der Waals surface area contributed by atoms with Crippen LogP contribution in [0.1, 0.15) is 38.7 Å². The van der Waals surface area contributed by atoms with E-state index in [1.165, 1.54) is 44.5 Å². The van der Waals surface area contributed by atoms with Gasteiger partial charge in [0, 0.05) is 26.2 Å². The number of rotatable bonds is 7. The van der Waals surface area contributed by atoms with Crippen LogP contribution in [0.5, 0.6) is 5.75 Å². The Labute approximate surface area is 152 Å². The molecule has 1 aromatic carbocycles. The number of benzene rings is 1. The standard InChI is InChI=1S/C20H34N4O/c1-5-11-24-12-9-18(10-13-24)23-20(21-4)22-15-17(3)25-19-8-6-7-16(2)14-19/h6-8,14,17-18H,5,9-13,15H2,1-4H3,(H2,21,22,23). The van der Waals surface area contributed by atoms with Gasteiger partial charge in [-0.3, -0.25) is 4.99 Å². The quantitative estimate of drug-likeness (QED) is 0.589. The molecule has 1 atom stereocenters. The average molecular weight is 347 g/mol. The fraction of sp³-hybridized carbons (Fsp3) is 0.650. The summed E-state index contributed by atoms with van der Waals surface area (Å²) in [5.41, 5.74) is 1.21. The first kappa shape index (κ1) is 19.6. The molecule has 0 saturated carbocycles. The highest BCUT2D eigenvalue weighted by Gasteiger charge is 2.19. The molecule has 0 amide bonds. The van der Waals surface area contributed by atoms with Crippen molar-refractivity contribution in [3.05, 3.63) is 29.8 Å². The molecule has 0 spiro atoms. The molecule has 1 aliphatic rings. The molecule has 0 radical (unpaired) electrons. The molecule has 25 heavy (non-hydrogen) atoms. The van der Waals surface area contributed by atoms with Crippen molar-refractivity contribution in [1.82, 2.24) is 15.5 Å². The molecular formula is C20H34N4O. The van der Waals surface area contributed by atoms with Crippen molar-refractivity contribution in [2.75, 3.05) is 33.2 Å². The summed E-state index contributed by atoms with van der Waals surface area (Å²) in [4.78, 5) is 6.90. The molecular weight excluding hydrogens is 312 g/mol. The first-order valence-corrected chi connectivity index (χ1v) is 9.53. The van der Waals surface area contributed by atoms with Gasteiger partial charge >= 0.3 is 0 Å². The smallest absolute Gasteiger partial charge is 0.191 e. The highest BCUT2D eigenvalue weighted by Crippen LogP contribution is 2.14. The van der Waals surface area contributed by atoms with Gasteiger partial charge in [0.05, 0.1) is 6.54 Å². The monoisotopic (exact) mass is 346 g/mol. The van der Waals surface area contributed by atoms with Crippen LogP contribution >= 0.6 is 0 Å². The number of aliphatic imine (C=N–C) groups is 1. The maximum Gasteiger partial charge on any atom is 0.191 e.